The molecule has 122 valence electrons. The second kappa shape index (κ2) is 6.01. The fourth-order valence-electron chi connectivity index (χ4n) is 4.23. The van der Waals surface area contributed by atoms with Crippen LogP contribution < -0.4 is 9.80 Å². The Kier molecular flexibility index (Phi) is 3.86. The van der Waals surface area contributed by atoms with E-state index in [2.05, 4.69) is 27.8 Å². The van der Waals surface area contributed by atoms with Crippen LogP contribution in [0.5, 0.6) is 0 Å². The molecule has 0 spiro atoms. The second-order valence-corrected chi connectivity index (χ2v) is 7.07. The van der Waals surface area contributed by atoms with Crippen LogP contribution in [-0.2, 0) is 13.0 Å². The van der Waals surface area contributed by atoms with E-state index in [1.54, 1.807) is 0 Å². The van der Waals surface area contributed by atoms with Crippen molar-refractivity contribution in [2.75, 3.05) is 49.6 Å². The van der Waals surface area contributed by atoms with Crippen LogP contribution in [0.1, 0.15) is 42.5 Å². The number of fused-ring (bicyclic) bond motifs is 1. The molecule has 4 heterocycles. The van der Waals surface area contributed by atoms with Crippen LogP contribution in [0, 0.1) is 11.3 Å². The molecule has 0 bridgehead atoms. The lowest BCUT2D eigenvalue weighted by Crippen LogP contribution is -2.32. The average molecular weight is 311 g/mol. The summed E-state index contributed by atoms with van der Waals surface area (Å²) in [6, 6.07) is 2.52. The Labute approximate surface area is 138 Å². The summed E-state index contributed by atoms with van der Waals surface area (Å²) in [7, 11) is 2.16. The Morgan fingerprint density at radius 3 is 2.26 bits per heavy atom. The third-order valence-corrected chi connectivity index (χ3v) is 5.44. The van der Waals surface area contributed by atoms with E-state index in [4.69, 9.17) is 4.98 Å². The SMILES string of the molecule is CN1CCc2c(nc(N3CCCC3)c(C#N)c2N2CCCC2)C1. The molecule has 0 amide bonds. The Bertz CT molecular complexity index is 636. The first-order valence-corrected chi connectivity index (χ1v) is 8.92. The molecule has 0 aliphatic carbocycles. The minimum Gasteiger partial charge on any atom is -0.370 e. The van der Waals surface area contributed by atoms with Gasteiger partial charge in [-0.15, -0.1) is 0 Å². The quantitative estimate of drug-likeness (QED) is 0.837. The molecule has 0 unspecified atom stereocenters. The van der Waals surface area contributed by atoms with Crippen molar-refractivity contribution < 1.29 is 0 Å². The number of rotatable bonds is 2. The highest BCUT2D eigenvalue weighted by Crippen LogP contribution is 2.38. The molecular weight excluding hydrogens is 286 g/mol. The fourth-order valence-corrected chi connectivity index (χ4v) is 4.23. The molecular formula is C18H25N5. The van der Waals surface area contributed by atoms with Crippen LogP contribution >= 0.6 is 0 Å². The van der Waals surface area contributed by atoms with Crippen molar-refractivity contribution in [2.24, 2.45) is 0 Å². The van der Waals surface area contributed by atoms with Gasteiger partial charge in [0.25, 0.3) is 0 Å². The summed E-state index contributed by atoms with van der Waals surface area (Å²) in [6.07, 6.45) is 5.91. The number of nitriles is 1. The monoisotopic (exact) mass is 311 g/mol. The molecule has 3 aliphatic heterocycles. The lowest BCUT2D eigenvalue weighted by molar-refractivity contribution is 0.308. The first-order chi connectivity index (χ1) is 11.3. The van der Waals surface area contributed by atoms with Gasteiger partial charge >= 0.3 is 0 Å². The van der Waals surface area contributed by atoms with Gasteiger partial charge in [0.15, 0.2) is 0 Å². The molecule has 0 saturated carbocycles. The number of hydrogen-bond donors (Lipinski definition) is 0. The van der Waals surface area contributed by atoms with Gasteiger partial charge in [-0.1, -0.05) is 0 Å². The van der Waals surface area contributed by atoms with E-state index in [0.717, 1.165) is 57.1 Å². The molecule has 5 nitrogen and oxygen atoms in total. The summed E-state index contributed by atoms with van der Waals surface area (Å²) in [5.41, 5.74) is 4.58. The zero-order valence-electron chi connectivity index (χ0n) is 14.0. The zero-order valence-corrected chi connectivity index (χ0v) is 14.0. The summed E-state index contributed by atoms with van der Waals surface area (Å²) in [5.74, 6) is 0.945. The van der Waals surface area contributed by atoms with Gasteiger partial charge in [-0.25, -0.2) is 4.98 Å². The van der Waals surface area contributed by atoms with Crippen molar-refractivity contribution in [3.8, 4) is 6.07 Å². The van der Waals surface area contributed by atoms with Crippen LogP contribution in [0.4, 0.5) is 11.5 Å². The maximum Gasteiger partial charge on any atom is 0.149 e. The molecule has 0 atom stereocenters. The van der Waals surface area contributed by atoms with Gasteiger partial charge in [-0.05, 0) is 39.2 Å². The normalized spacial score (nSPS) is 21.6. The molecule has 0 aromatic carbocycles. The fraction of sp³-hybridized carbons (Fsp3) is 0.667. The van der Waals surface area contributed by atoms with Crippen molar-refractivity contribution in [3.05, 3.63) is 16.8 Å². The van der Waals surface area contributed by atoms with Gasteiger partial charge in [-0.3, -0.25) is 0 Å². The second-order valence-electron chi connectivity index (χ2n) is 7.07. The maximum absolute atomic E-state index is 9.92. The lowest BCUT2D eigenvalue weighted by atomic mass is 9.98. The molecule has 4 rings (SSSR count). The third kappa shape index (κ3) is 2.55. The van der Waals surface area contributed by atoms with E-state index >= 15 is 0 Å². The topological polar surface area (TPSA) is 46.4 Å². The molecule has 23 heavy (non-hydrogen) atoms. The molecule has 0 radical (unpaired) electrons. The highest BCUT2D eigenvalue weighted by atomic mass is 15.2. The average Bonchev–Trinajstić information content (AvgIpc) is 3.26. The molecule has 0 N–H and O–H groups in total. The summed E-state index contributed by atoms with van der Waals surface area (Å²) < 4.78 is 0. The number of likely N-dealkylation sites (N-methyl/N-ethyl adjacent to an activating group) is 1. The summed E-state index contributed by atoms with van der Waals surface area (Å²) in [6.45, 7) is 6.21. The van der Waals surface area contributed by atoms with Crippen LogP contribution in [-0.4, -0.2) is 49.7 Å². The number of anilines is 2. The largest absolute Gasteiger partial charge is 0.370 e. The molecule has 2 fully saturated rings. The summed E-state index contributed by atoms with van der Waals surface area (Å²) >= 11 is 0. The Morgan fingerprint density at radius 2 is 1.61 bits per heavy atom. The van der Waals surface area contributed by atoms with E-state index in [1.165, 1.54) is 42.6 Å². The number of nitrogens with zero attached hydrogens (tertiary/aromatic N) is 5. The maximum atomic E-state index is 9.92. The minimum absolute atomic E-state index is 0.831. The standard InChI is InChI=1S/C18H25N5/c1-21-11-6-14-16(13-21)20-18(23-9-4-5-10-23)15(12-19)17(14)22-7-2-3-8-22/h2-11,13H2,1H3. The summed E-state index contributed by atoms with van der Waals surface area (Å²) in [5, 5.41) is 9.92. The number of aromatic nitrogens is 1. The molecule has 3 aliphatic rings. The van der Waals surface area contributed by atoms with E-state index in [1.807, 2.05) is 0 Å². The van der Waals surface area contributed by atoms with E-state index in [9.17, 15) is 5.26 Å². The Balaban J connectivity index is 1.88. The van der Waals surface area contributed by atoms with Gasteiger partial charge in [0.05, 0.1) is 11.4 Å². The first-order valence-electron chi connectivity index (χ1n) is 8.92. The molecule has 1 aromatic rings. The van der Waals surface area contributed by atoms with E-state index in [-0.39, 0.29) is 0 Å². The molecule has 1 aromatic heterocycles. The predicted molar refractivity (Wildman–Crippen MR) is 91.9 cm³/mol. The van der Waals surface area contributed by atoms with Crippen molar-refractivity contribution in [3.63, 3.8) is 0 Å². The highest BCUT2D eigenvalue weighted by molar-refractivity contribution is 5.75. The Morgan fingerprint density at radius 1 is 0.957 bits per heavy atom. The Hall–Kier alpha value is -1.80. The van der Waals surface area contributed by atoms with Gasteiger partial charge in [0, 0.05) is 44.8 Å². The van der Waals surface area contributed by atoms with Crippen LogP contribution in [0.2, 0.25) is 0 Å². The lowest BCUT2D eigenvalue weighted by Gasteiger charge is -2.32. The van der Waals surface area contributed by atoms with Crippen molar-refractivity contribution in [1.82, 2.24) is 9.88 Å². The van der Waals surface area contributed by atoms with Crippen LogP contribution in [0.15, 0.2) is 0 Å². The van der Waals surface area contributed by atoms with Crippen molar-refractivity contribution in [1.29, 1.82) is 5.26 Å². The van der Waals surface area contributed by atoms with Crippen LogP contribution in [0.3, 0.4) is 0 Å². The molecule has 2 saturated heterocycles. The van der Waals surface area contributed by atoms with Gasteiger partial charge in [0.1, 0.15) is 17.5 Å². The zero-order chi connectivity index (χ0) is 15.8. The van der Waals surface area contributed by atoms with Crippen molar-refractivity contribution >= 4 is 11.5 Å². The van der Waals surface area contributed by atoms with E-state index in [0.29, 0.717) is 0 Å². The predicted octanol–water partition coefficient (Wildman–Crippen LogP) is 2.14. The van der Waals surface area contributed by atoms with Gasteiger partial charge in [-0.2, -0.15) is 5.26 Å². The third-order valence-electron chi connectivity index (χ3n) is 5.44. The number of hydrogen-bond acceptors (Lipinski definition) is 5. The highest BCUT2D eigenvalue weighted by Gasteiger charge is 2.30. The minimum atomic E-state index is 0.831. The molecule has 5 heteroatoms. The van der Waals surface area contributed by atoms with Crippen LogP contribution in [0.25, 0.3) is 0 Å². The summed E-state index contributed by atoms with van der Waals surface area (Å²) in [4.78, 5) is 12.1. The number of pyridine rings is 1. The van der Waals surface area contributed by atoms with Gasteiger partial charge < -0.3 is 14.7 Å². The van der Waals surface area contributed by atoms with Crippen molar-refractivity contribution in [2.45, 2.75) is 38.6 Å². The smallest absolute Gasteiger partial charge is 0.149 e. The van der Waals surface area contributed by atoms with Gasteiger partial charge in [0.2, 0.25) is 0 Å². The van der Waals surface area contributed by atoms with E-state index < -0.39 is 0 Å². The first kappa shape index (κ1) is 14.8.